The Labute approximate surface area is 149 Å². The molecule has 2 aliphatic heterocycles. The molecule has 0 spiro atoms. The van der Waals surface area contributed by atoms with Crippen molar-refractivity contribution in [3.63, 3.8) is 0 Å². The highest BCUT2D eigenvalue weighted by Crippen LogP contribution is 2.34. The van der Waals surface area contributed by atoms with Crippen LogP contribution >= 0.6 is 0 Å². The van der Waals surface area contributed by atoms with Crippen molar-refractivity contribution in [2.75, 3.05) is 50.0 Å². The van der Waals surface area contributed by atoms with Gasteiger partial charge in [0, 0.05) is 37.8 Å². The number of sulfonamides is 1. The van der Waals surface area contributed by atoms with Gasteiger partial charge in [-0.05, 0) is 37.1 Å². The van der Waals surface area contributed by atoms with Crippen molar-refractivity contribution < 1.29 is 17.9 Å². The number of anilines is 1. The van der Waals surface area contributed by atoms with Crippen molar-refractivity contribution in [3.05, 3.63) is 29.3 Å². The summed E-state index contributed by atoms with van der Waals surface area (Å²) in [5.74, 6) is -0.124. The van der Waals surface area contributed by atoms with Gasteiger partial charge in [-0.2, -0.15) is 0 Å². The fourth-order valence-corrected chi connectivity index (χ4v) is 4.77. The maximum absolute atomic E-state index is 12.4. The highest BCUT2D eigenvalue weighted by atomic mass is 32.2. The highest BCUT2D eigenvalue weighted by Gasteiger charge is 2.32. The van der Waals surface area contributed by atoms with Gasteiger partial charge in [-0.1, -0.05) is 0 Å². The number of benzene rings is 1. The molecular weight excluding hydrogens is 342 g/mol. The van der Waals surface area contributed by atoms with Crippen LogP contribution < -0.4 is 9.62 Å². The lowest BCUT2D eigenvalue weighted by Gasteiger charge is -2.26. The molecule has 1 fully saturated rings. The molecule has 2 heterocycles. The second-order valence-corrected chi connectivity index (χ2v) is 8.52. The summed E-state index contributed by atoms with van der Waals surface area (Å²) in [7, 11) is -3.31. The molecule has 0 radical (unpaired) electrons. The van der Waals surface area contributed by atoms with E-state index in [-0.39, 0.29) is 11.9 Å². The number of nitrogens with zero attached hydrogens (tertiary/aromatic N) is 2. The molecule has 2 aliphatic rings. The Hall–Kier alpha value is -1.64. The molecule has 3 rings (SSSR count). The van der Waals surface area contributed by atoms with Crippen molar-refractivity contribution in [1.82, 2.24) is 10.2 Å². The zero-order valence-electron chi connectivity index (χ0n) is 14.7. The van der Waals surface area contributed by atoms with E-state index >= 15 is 0 Å². The van der Waals surface area contributed by atoms with E-state index in [0.717, 1.165) is 38.4 Å². The Balaban J connectivity index is 1.62. The number of hydrogen-bond donors (Lipinski definition) is 1. The van der Waals surface area contributed by atoms with Crippen LogP contribution in [0.4, 0.5) is 5.69 Å². The molecule has 0 saturated carbocycles. The number of hydrogen-bond acceptors (Lipinski definition) is 5. The van der Waals surface area contributed by atoms with Crippen molar-refractivity contribution in [1.29, 1.82) is 0 Å². The van der Waals surface area contributed by atoms with Gasteiger partial charge >= 0.3 is 0 Å². The standard InChI is InChI=1S/C17H25N3O4S/c1-13-11-15-12-14(3-4-16(15)20(13)25(2,22)23)17(21)18-5-6-19-7-9-24-10-8-19/h3-4,12-13H,5-11H2,1-2H3,(H,18,21). The topological polar surface area (TPSA) is 79.0 Å². The summed E-state index contributed by atoms with van der Waals surface area (Å²) in [5, 5.41) is 2.94. The molecule has 1 atom stereocenters. The SMILES string of the molecule is CC1Cc2cc(C(=O)NCCN3CCOCC3)ccc2N1S(C)(=O)=O. The normalized spacial score (nSPS) is 21.2. The van der Waals surface area contributed by atoms with E-state index in [4.69, 9.17) is 4.74 Å². The smallest absolute Gasteiger partial charge is 0.251 e. The first-order chi connectivity index (χ1) is 11.9. The maximum Gasteiger partial charge on any atom is 0.251 e. The number of nitrogens with one attached hydrogen (secondary N) is 1. The average molecular weight is 367 g/mol. The van der Waals surface area contributed by atoms with E-state index in [2.05, 4.69) is 10.2 Å². The lowest BCUT2D eigenvalue weighted by atomic mass is 10.1. The molecule has 1 N–H and O–H groups in total. The van der Waals surface area contributed by atoms with E-state index in [1.54, 1.807) is 18.2 Å². The summed E-state index contributed by atoms with van der Waals surface area (Å²) in [4.78, 5) is 14.6. The third-order valence-corrected chi connectivity index (χ3v) is 5.94. The molecule has 1 saturated heterocycles. The van der Waals surface area contributed by atoms with Gasteiger partial charge in [-0.25, -0.2) is 8.42 Å². The Kier molecular flexibility index (Phi) is 5.31. The summed E-state index contributed by atoms with van der Waals surface area (Å²) in [6.45, 7) is 6.55. The molecule has 1 unspecified atom stereocenters. The van der Waals surface area contributed by atoms with Gasteiger partial charge in [0.25, 0.3) is 5.91 Å². The molecule has 1 amide bonds. The van der Waals surface area contributed by atoms with Gasteiger partial charge in [-0.3, -0.25) is 14.0 Å². The summed E-state index contributed by atoms with van der Waals surface area (Å²) in [6.07, 6.45) is 1.84. The van der Waals surface area contributed by atoms with Gasteiger partial charge in [0.2, 0.25) is 10.0 Å². The number of ether oxygens (including phenoxy) is 1. The number of morpholine rings is 1. The number of fused-ring (bicyclic) bond motifs is 1. The molecule has 8 heteroatoms. The molecule has 138 valence electrons. The van der Waals surface area contributed by atoms with Crippen LogP contribution in [0.25, 0.3) is 0 Å². The monoisotopic (exact) mass is 367 g/mol. The van der Waals surface area contributed by atoms with Crippen LogP contribution in [0.5, 0.6) is 0 Å². The minimum atomic E-state index is -3.31. The summed E-state index contributed by atoms with van der Waals surface area (Å²) in [5.41, 5.74) is 2.15. The van der Waals surface area contributed by atoms with E-state index in [0.29, 0.717) is 24.2 Å². The van der Waals surface area contributed by atoms with Crippen LogP contribution in [0.1, 0.15) is 22.8 Å². The van der Waals surface area contributed by atoms with E-state index < -0.39 is 10.0 Å². The predicted octanol–water partition coefficient (Wildman–Crippen LogP) is 0.459. The maximum atomic E-state index is 12.4. The second-order valence-electron chi connectivity index (χ2n) is 6.67. The Morgan fingerprint density at radius 3 is 2.72 bits per heavy atom. The van der Waals surface area contributed by atoms with Crippen LogP contribution in [0.15, 0.2) is 18.2 Å². The van der Waals surface area contributed by atoms with Gasteiger partial charge in [0.1, 0.15) is 0 Å². The average Bonchev–Trinajstić information content (AvgIpc) is 2.90. The summed E-state index contributed by atoms with van der Waals surface area (Å²) < 4.78 is 30.6. The first-order valence-corrected chi connectivity index (χ1v) is 10.4. The molecular formula is C17H25N3O4S. The van der Waals surface area contributed by atoms with Crippen LogP contribution in [0, 0.1) is 0 Å². The van der Waals surface area contributed by atoms with Gasteiger partial charge < -0.3 is 10.1 Å². The first-order valence-electron chi connectivity index (χ1n) is 8.57. The summed E-state index contributed by atoms with van der Waals surface area (Å²) in [6, 6.07) is 5.11. The lowest BCUT2D eigenvalue weighted by molar-refractivity contribution is 0.0383. The molecule has 0 aromatic heterocycles. The number of carbonyl (C=O) groups excluding carboxylic acids is 1. The molecule has 0 bridgehead atoms. The third-order valence-electron chi connectivity index (χ3n) is 4.67. The zero-order chi connectivity index (χ0) is 18.0. The minimum Gasteiger partial charge on any atom is -0.379 e. The van der Waals surface area contributed by atoms with E-state index in [1.807, 2.05) is 6.92 Å². The first kappa shape index (κ1) is 18.2. The molecule has 1 aromatic carbocycles. The molecule has 0 aliphatic carbocycles. The van der Waals surface area contributed by atoms with Crippen LogP contribution in [0.3, 0.4) is 0 Å². The second kappa shape index (κ2) is 7.31. The van der Waals surface area contributed by atoms with Crippen LogP contribution in [-0.2, 0) is 21.2 Å². The number of carbonyl (C=O) groups is 1. The number of rotatable bonds is 5. The highest BCUT2D eigenvalue weighted by molar-refractivity contribution is 7.92. The minimum absolute atomic E-state index is 0.121. The fourth-order valence-electron chi connectivity index (χ4n) is 3.50. The number of amides is 1. The molecule has 7 nitrogen and oxygen atoms in total. The Morgan fingerprint density at radius 2 is 2.04 bits per heavy atom. The predicted molar refractivity (Wildman–Crippen MR) is 96.5 cm³/mol. The van der Waals surface area contributed by atoms with Gasteiger partial charge in [0.15, 0.2) is 0 Å². The van der Waals surface area contributed by atoms with Crippen molar-refractivity contribution >= 4 is 21.6 Å². The quantitative estimate of drug-likeness (QED) is 0.818. The zero-order valence-corrected chi connectivity index (χ0v) is 15.5. The largest absolute Gasteiger partial charge is 0.379 e. The molecule has 1 aromatic rings. The van der Waals surface area contributed by atoms with E-state index in [1.165, 1.54) is 10.6 Å². The Morgan fingerprint density at radius 1 is 1.32 bits per heavy atom. The lowest BCUT2D eigenvalue weighted by Crippen LogP contribution is -2.41. The van der Waals surface area contributed by atoms with Crippen LogP contribution in [-0.4, -0.2) is 70.9 Å². The Bertz CT molecular complexity index is 744. The van der Waals surface area contributed by atoms with Crippen molar-refractivity contribution in [2.24, 2.45) is 0 Å². The van der Waals surface area contributed by atoms with Crippen molar-refractivity contribution in [2.45, 2.75) is 19.4 Å². The summed E-state index contributed by atoms with van der Waals surface area (Å²) >= 11 is 0. The van der Waals surface area contributed by atoms with Crippen LogP contribution in [0.2, 0.25) is 0 Å². The van der Waals surface area contributed by atoms with E-state index in [9.17, 15) is 13.2 Å². The third kappa shape index (κ3) is 4.13. The van der Waals surface area contributed by atoms with Crippen molar-refractivity contribution in [3.8, 4) is 0 Å². The van der Waals surface area contributed by atoms with Gasteiger partial charge in [0.05, 0.1) is 25.2 Å². The van der Waals surface area contributed by atoms with Gasteiger partial charge in [-0.15, -0.1) is 0 Å². The molecule has 25 heavy (non-hydrogen) atoms. The fraction of sp³-hybridized carbons (Fsp3) is 0.588.